The first-order valence-corrected chi connectivity index (χ1v) is 29.2. The number of hydrogen-bond donors (Lipinski definition) is 3. The summed E-state index contributed by atoms with van der Waals surface area (Å²) in [7, 11) is -6.44. The minimum absolute atomic E-state index is 0. The number of carbonyl (C=O) groups is 3. The van der Waals surface area contributed by atoms with Crippen LogP contribution in [-0.4, -0.2) is 61.5 Å². The number of carbonyl (C=O) groups excluding carboxylic acids is 3. The Morgan fingerprint density at radius 2 is 1.11 bits per heavy atom. The molecule has 2 atom stereocenters. The van der Waals surface area contributed by atoms with Crippen LogP contribution in [0.2, 0.25) is 0 Å². The van der Waals surface area contributed by atoms with E-state index in [2.05, 4.69) is 128 Å². The van der Waals surface area contributed by atoms with Gasteiger partial charge in [-0.15, -0.1) is 0 Å². The molecular weight excluding hydrogens is 1110 g/mol. The molecule has 16 nitrogen and oxygen atoms in total. The fourth-order valence-electron chi connectivity index (χ4n) is 8.64. The molecule has 0 saturated heterocycles. The van der Waals surface area contributed by atoms with Gasteiger partial charge in [0, 0.05) is 52.0 Å². The summed E-state index contributed by atoms with van der Waals surface area (Å²) in [6.45, 7) is 22.5. The number of benzene rings is 4. The van der Waals surface area contributed by atoms with Crippen LogP contribution in [0.1, 0.15) is 146 Å². The average Bonchev–Trinajstić information content (AvgIpc) is 4.08. The summed E-state index contributed by atoms with van der Waals surface area (Å²) in [6.07, 6.45) is 4.42. The first-order chi connectivity index (χ1) is 37.1. The number of nitrogens with zero attached hydrogens (tertiary/aromatic N) is 4. The molecule has 80 heavy (non-hydrogen) atoms. The molecule has 2 aromatic heterocycles. The van der Waals surface area contributed by atoms with Gasteiger partial charge in [-0.3, -0.25) is 29.3 Å². The molecule has 418 valence electrons. The fraction of sp³-hybridized carbons (Fsp3) is 0.367. The molecule has 0 bridgehead atoms. The van der Waals surface area contributed by atoms with Crippen molar-refractivity contribution in [3.8, 4) is 6.07 Å². The number of aromatic nitrogens is 2. The summed E-state index contributed by atoms with van der Waals surface area (Å²) in [5, 5.41) is 25.0. The summed E-state index contributed by atoms with van der Waals surface area (Å²) in [5.41, 5.74) is 12.3. The summed E-state index contributed by atoms with van der Waals surface area (Å²) in [4.78, 5) is 48.8. The fourth-order valence-corrected chi connectivity index (χ4v) is 10.4. The third-order valence-corrected chi connectivity index (χ3v) is 16.5. The van der Waals surface area contributed by atoms with Crippen molar-refractivity contribution in [2.75, 3.05) is 11.5 Å². The van der Waals surface area contributed by atoms with E-state index in [-0.39, 0.29) is 146 Å². The van der Waals surface area contributed by atoms with Crippen molar-refractivity contribution in [1.29, 1.82) is 5.26 Å². The molecule has 0 radical (unpaired) electrons. The minimum atomic E-state index is -3.23. The zero-order valence-electron chi connectivity index (χ0n) is 49.4. The van der Waals surface area contributed by atoms with Crippen LogP contribution in [0.15, 0.2) is 131 Å². The number of fused-ring (bicyclic) bond motifs is 2. The second kappa shape index (κ2) is 36.0. The van der Waals surface area contributed by atoms with Crippen molar-refractivity contribution < 1.29 is 146 Å². The third kappa shape index (κ3) is 22.0. The smallest absolute Gasteiger partial charge is 1.00 e. The van der Waals surface area contributed by atoms with Gasteiger partial charge in [0.25, 0.3) is 18.3 Å². The van der Waals surface area contributed by atoms with E-state index in [0.717, 1.165) is 59.7 Å². The molecule has 2 amide bonds. The number of hydrogen-bond acceptors (Lipinski definition) is 14. The number of sulfone groups is 2. The zero-order valence-corrected chi connectivity index (χ0v) is 56.2. The average molecular weight is 1180 g/mol. The molecule has 0 unspecified atom stereocenters. The van der Waals surface area contributed by atoms with Crippen LogP contribution in [0.5, 0.6) is 0 Å². The van der Waals surface area contributed by atoms with E-state index in [1.165, 1.54) is 29.2 Å². The maximum atomic E-state index is 12.8. The van der Waals surface area contributed by atoms with Gasteiger partial charge in [0.15, 0.2) is 19.7 Å². The van der Waals surface area contributed by atoms with Crippen LogP contribution in [0, 0.1) is 37.0 Å². The van der Waals surface area contributed by atoms with Crippen molar-refractivity contribution in [2.24, 2.45) is 11.8 Å². The Balaban J connectivity index is 0.000000629. The largest absolute Gasteiger partial charge is 1.00 e. The topological polar surface area (TPSA) is 241 Å². The Morgan fingerprint density at radius 1 is 0.713 bits per heavy atom. The van der Waals surface area contributed by atoms with Crippen molar-refractivity contribution in [3.63, 3.8) is 0 Å². The number of nitriles is 1. The van der Waals surface area contributed by atoms with Crippen LogP contribution in [-0.2, 0) is 68.5 Å². The predicted octanol–water partition coefficient (Wildman–Crippen LogP) is 3.07. The van der Waals surface area contributed by atoms with Crippen LogP contribution in [0.25, 0.3) is 0 Å². The quantitative estimate of drug-likeness (QED) is 0.0547. The number of aryl methyl sites for hydroxylation is 3. The standard InChI is InChI=1S/C28H33N3O3S.C20H25N3O3S.C9H12.C2H3N.CH2O3.2K.H/c1-5-35(33,34)25-12-10-21(11-13-25)15-30-28(32)23-14-24-18-31(17-22-8-6-20(4)7-9-22)27(19(2)3)26(24)29-16-23;1-4-27(25,26)17-7-5-14(6-8-17)10-23-20(24)16-9-15-11-21-18(13(2)3)19(15)22-12-16;1-3-9-6-4-8(2)5-7-9;1-2-3;2-1-4-3;;;/h6-14,16,19,27H,5,15,17-18H2,1-4H3,(H,30,32);5-9,12-13,18,21H,4,10-11H2,1-3H3,(H,23,24);4-7H,3H2,1-2H3;1H3;1,3H;;;/q;;;;;2*+1;-1/p-1/t27-;18-;;;;;;/m00....../s1. The molecule has 3 N–H and O–H groups in total. The number of amides is 2. The van der Waals surface area contributed by atoms with E-state index >= 15 is 0 Å². The molecule has 8 rings (SSSR count). The van der Waals surface area contributed by atoms with Crippen molar-refractivity contribution in [1.82, 2.24) is 30.8 Å². The molecule has 4 aromatic carbocycles. The number of pyridine rings is 2. The van der Waals surface area contributed by atoms with Gasteiger partial charge in [-0.25, -0.2) is 16.8 Å². The zero-order chi connectivity index (χ0) is 57.6. The van der Waals surface area contributed by atoms with Gasteiger partial charge in [-0.2, -0.15) is 5.26 Å². The summed E-state index contributed by atoms with van der Waals surface area (Å²) >= 11 is 0. The Labute approximate surface area is 560 Å². The van der Waals surface area contributed by atoms with E-state index in [1.807, 2.05) is 12.1 Å². The second-order valence-electron chi connectivity index (χ2n) is 19.4. The van der Waals surface area contributed by atoms with Crippen molar-refractivity contribution in [2.45, 2.75) is 130 Å². The SMILES string of the molecule is CC#N.CCS(=O)(=O)c1ccc(CNC(=O)c2cnc3c(c2)CN(Cc2ccc(C)cc2)[C@H]3C(C)C)cc1.CCS(=O)(=O)c1ccc(CNC(=O)c2cnc3c(c2)CN[C@H]3C(C)C)cc1.CCc1ccc(C)cc1.O=CO[O-].[H-].[K+].[K+]. The molecule has 0 aliphatic carbocycles. The first kappa shape index (κ1) is 72.2. The van der Waals surface area contributed by atoms with E-state index < -0.39 is 19.7 Å². The third-order valence-electron chi connectivity index (χ3n) is 13.0. The molecule has 2 aliphatic heterocycles. The monoisotopic (exact) mass is 1180 g/mol. The second-order valence-corrected chi connectivity index (χ2v) is 24.0. The maximum absolute atomic E-state index is 12.8. The Hall–Kier alpha value is -3.87. The maximum Gasteiger partial charge on any atom is 1.00 e. The van der Waals surface area contributed by atoms with E-state index in [4.69, 9.17) is 20.3 Å². The first-order valence-electron chi connectivity index (χ1n) is 25.9. The van der Waals surface area contributed by atoms with Crippen LogP contribution in [0.4, 0.5) is 0 Å². The van der Waals surface area contributed by atoms with Gasteiger partial charge < -0.3 is 27.5 Å². The number of nitrogens with one attached hydrogen (secondary N) is 3. The summed E-state index contributed by atoms with van der Waals surface area (Å²) in [5.74, 6) is 0.591. The van der Waals surface area contributed by atoms with E-state index in [9.17, 15) is 26.4 Å². The molecule has 4 heterocycles. The van der Waals surface area contributed by atoms with E-state index in [0.29, 0.717) is 45.8 Å². The molecular formula is C60H75K2N7O9S2. The van der Waals surface area contributed by atoms with Crippen LogP contribution >= 0.6 is 0 Å². The van der Waals surface area contributed by atoms with Crippen LogP contribution in [0.3, 0.4) is 0 Å². The van der Waals surface area contributed by atoms with E-state index in [1.54, 1.807) is 80.8 Å². The van der Waals surface area contributed by atoms with Crippen LogP contribution < -0.4 is 124 Å². The minimum Gasteiger partial charge on any atom is -1.00 e. The Morgan fingerprint density at radius 3 is 1.50 bits per heavy atom. The van der Waals surface area contributed by atoms with Gasteiger partial charge in [0.1, 0.15) is 0 Å². The van der Waals surface area contributed by atoms with Gasteiger partial charge in [0.2, 0.25) is 0 Å². The summed E-state index contributed by atoms with van der Waals surface area (Å²) in [6, 6.07) is 36.6. The molecule has 0 saturated carbocycles. The Kier molecular flexibility index (Phi) is 32.5. The molecule has 20 heteroatoms. The van der Waals surface area contributed by atoms with Gasteiger partial charge in [0.05, 0.1) is 62.0 Å². The summed E-state index contributed by atoms with van der Waals surface area (Å²) < 4.78 is 47.6. The molecule has 6 aromatic rings. The molecule has 0 spiro atoms. The predicted molar refractivity (Wildman–Crippen MR) is 302 cm³/mol. The van der Waals surface area contributed by atoms with Gasteiger partial charge in [-0.05, 0) is 102 Å². The van der Waals surface area contributed by atoms with Gasteiger partial charge >= 0.3 is 103 Å². The number of rotatable bonds is 16. The normalized spacial score (nSPS) is 13.9. The molecule has 2 aliphatic rings. The van der Waals surface area contributed by atoms with Gasteiger partial charge in [-0.1, -0.05) is 132 Å². The Bertz CT molecular complexity index is 3180. The van der Waals surface area contributed by atoms with Crippen molar-refractivity contribution in [3.05, 3.63) is 189 Å². The van der Waals surface area contributed by atoms with Crippen molar-refractivity contribution >= 4 is 38.0 Å². The molecule has 0 fully saturated rings.